The Hall–Kier alpha value is -0.690. The van der Waals surface area contributed by atoms with Crippen molar-refractivity contribution in [2.45, 2.75) is 31.1 Å². The molecule has 0 spiro atoms. The van der Waals surface area contributed by atoms with E-state index in [1.165, 1.54) is 0 Å². The maximum absolute atomic E-state index is 10.2. The van der Waals surface area contributed by atoms with Crippen LogP contribution in [0.3, 0.4) is 0 Å². The van der Waals surface area contributed by atoms with Crippen LogP contribution in [0.2, 0.25) is 0 Å². The van der Waals surface area contributed by atoms with Gasteiger partial charge in [0, 0.05) is 6.04 Å². The average Bonchev–Trinajstić information content (AvgIpc) is 2.11. The Bertz CT molecular complexity index is 165. The van der Waals surface area contributed by atoms with Crippen LogP contribution in [0.15, 0.2) is 0 Å². The van der Waals surface area contributed by atoms with Gasteiger partial charge < -0.3 is 26.8 Å². The van der Waals surface area contributed by atoms with Crippen molar-refractivity contribution in [3.8, 4) is 0 Å². The molecule has 6 nitrogen and oxygen atoms in total. The van der Waals surface area contributed by atoms with E-state index in [0.29, 0.717) is 19.4 Å². The van der Waals surface area contributed by atoms with E-state index in [4.69, 9.17) is 21.7 Å². The fourth-order valence-corrected chi connectivity index (χ4v) is 0.905. The molecule has 6 heteroatoms. The van der Waals surface area contributed by atoms with Crippen molar-refractivity contribution >= 4 is 5.97 Å². The molecular formula is C7H16N2O4. The van der Waals surface area contributed by atoms with Crippen LogP contribution >= 0.6 is 0 Å². The summed E-state index contributed by atoms with van der Waals surface area (Å²) in [5, 5.41) is 26.4. The molecule has 3 atom stereocenters. The van der Waals surface area contributed by atoms with E-state index in [9.17, 15) is 9.90 Å². The highest BCUT2D eigenvalue weighted by Gasteiger charge is 2.28. The lowest BCUT2D eigenvalue weighted by Gasteiger charge is -2.20. The Kier molecular flexibility index (Phi) is 5.56. The summed E-state index contributed by atoms with van der Waals surface area (Å²) in [6, 6.07) is -0.755. The van der Waals surface area contributed by atoms with Gasteiger partial charge in [0.1, 0.15) is 6.10 Å². The third kappa shape index (κ3) is 4.18. The molecule has 0 unspecified atom stereocenters. The third-order valence-corrected chi connectivity index (χ3v) is 1.76. The zero-order chi connectivity index (χ0) is 10.4. The van der Waals surface area contributed by atoms with Crippen LogP contribution in [-0.4, -0.2) is 46.1 Å². The monoisotopic (exact) mass is 192 g/mol. The zero-order valence-corrected chi connectivity index (χ0v) is 7.26. The summed E-state index contributed by atoms with van der Waals surface area (Å²) in [6.45, 7) is 0.420. The smallest absolute Gasteiger partial charge is 0.335 e. The van der Waals surface area contributed by atoms with Gasteiger partial charge in [-0.3, -0.25) is 0 Å². The van der Waals surface area contributed by atoms with Crippen molar-refractivity contribution in [3.63, 3.8) is 0 Å². The van der Waals surface area contributed by atoms with Gasteiger partial charge in [-0.25, -0.2) is 4.79 Å². The van der Waals surface area contributed by atoms with Crippen LogP contribution in [0.5, 0.6) is 0 Å². The minimum atomic E-state index is -1.83. The number of nitrogens with two attached hydrogens (primary N) is 2. The second kappa shape index (κ2) is 5.87. The molecule has 0 aromatic rings. The predicted octanol–water partition coefficient (Wildman–Crippen LogP) is -2.14. The summed E-state index contributed by atoms with van der Waals surface area (Å²) in [4.78, 5) is 10.2. The molecule has 0 heterocycles. The van der Waals surface area contributed by atoms with E-state index < -0.39 is 24.2 Å². The van der Waals surface area contributed by atoms with Gasteiger partial charge in [0.05, 0.1) is 0 Å². The van der Waals surface area contributed by atoms with Crippen LogP contribution in [0.1, 0.15) is 12.8 Å². The first-order valence-electron chi connectivity index (χ1n) is 4.05. The second-order valence-corrected chi connectivity index (χ2v) is 2.87. The first-order chi connectivity index (χ1) is 6.00. The van der Waals surface area contributed by atoms with E-state index in [0.717, 1.165) is 0 Å². The number of hydrogen-bond donors (Lipinski definition) is 5. The number of carboxylic acids is 1. The molecule has 0 rings (SSSR count). The van der Waals surface area contributed by atoms with Gasteiger partial charge in [0.25, 0.3) is 0 Å². The van der Waals surface area contributed by atoms with E-state index in [-0.39, 0.29) is 0 Å². The van der Waals surface area contributed by atoms with Gasteiger partial charge in [-0.1, -0.05) is 0 Å². The average molecular weight is 192 g/mol. The van der Waals surface area contributed by atoms with E-state index in [2.05, 4.69) is 0 Å². The first kappa shape index (κ1) is 12.3. The number of hydrogen-bond acceptors (Lipinski definition) is 5. The molecular weight excluding hydrogens is 176 g/mol. The quantitative estimate of drug-likeness (QED) is 0.326. The van der Waals surface area contributed by atoms with E-state index >= 15 is 0 Å². The fourth-order valence-electron chi connectivity index (χ4n) is 0.905. The first-order valence-corrected chi connectivity index (χ1v) is 4.05. The second-order valence-electron chi connectivity index (χ2n) is 2.87. The van der Waals surface area contributed by atoms with Gasteiger partial charge in [-0.15, -0.1) is 0 Å². The number of carboxylic acid groups (broad SMARTS) is 1. The van der Waals surface area contributed by atoms with Crippen LogP contribution in [0.4, 0.5) is 0 Å². The summed E-state index contributed by atoms with van der Waals surface area (Å²) in [5.74, 6) is -1.48. The van der Waals surface area contributed by atoms with Crippen molar-refractivity contribution in [2.75, 3.05) is 6.54 Å². The molecule has 7 N–H and O–H groups in total. The SMILES string of the molecule is NCCC[C@H](N)[C@@H](O)[C@@H](O)C(=O)O. The van der Waals surface area contributed by atoms with E-state index in [1.807, 2.05) is 0 Å². The zero-order valence-electron chi connectivity index (χ0n) is 7.26. The summed E-state index contributed by atoms with van der Waals surface area (Å²) in [6.07, 6.45) is -2.29. The van der Waals surface area contributed by atoms with Gasteiger partial charge in [0.2, 0.25) is 0 Å². The van der Waals surface area contributed by atoms with Crippen molar-refractivity contribution in [2.24, 2.45) is 11.5 Å². The molecule has 0 aromatic carbocycles. The van der Waals surface area contributed by atoms with Crippen molar-refractivity contribution < 1.29 is 20.1 Å². The highest BCUT2D eigenvalue weighted by molar-refractivity contribution is 5.72. The molecule has 0 aromatic heterocycles. The van der Waals surface area contributed by atoms with Gasteiger partial charge >= 0.3 is 5.97 Å². The minimum absolute atomic E-state index is 0.391. The molecule has 0 saturated heterocycles. The lowest BCUT2D eigenvalue weighted by Crippen LogP contribution is -2.46. The number of rotatable bonds is 6. The lowest BCUT2D eigenvalue weighted by molar-refractivity contribution is -0.153. The van der Waals surface area contributed by atoms with Gasteiger partial charge in [0.15, 0.2) is 6.10 Å². The third-order valence-electron chi connectivity index (χ3n) is 1.76. The molecule has 13 heavy (non-hydrogen) atoms. The topological polar surface area (TPSA) is 130 Å². The Morgan fingerprint density at radius 3 is 2.31 bits per heavy atom. The van der Waals surface area contributed by atoms with Gasteiger partial charge in [-0.2, -0.15) is 0 Å². The summed E-state index contributed by atoms with van der Waals surface area (Å²) in [5.41, 5.74) is 10.6. The lowest BCUT2D eigenvalue weighted by atomic mass is 10.0. The Balaban J connectivity index is 3.93. The Labute approximate surface area is 76.2 Å². The van der Waals surface area contributed by atoms with E-state index in [1.54, 1.807) is 0 Å². The summed E-state index contributed by atoms with van der Waals surface area (Å²) in [7, 11) is 0. The highest BCUT2D eigenvalue weighted by Crippen LogP contribution is 2.04. The standard InChI is InChI=1S/C7H16N2O4/c8-3-1-2-4(9)5(10)6(11)7(12)13/h4-6,10-11H,1-3,8-9H2,(H,12,13)/t4-,5+,6+/m0/s1. The highest BCUT2D eigenvalue weighted by atomic mass is 16.4. The maximum atomic E-state index is 10.2. The van der Waals surface area contributed by atoms with Crippen molar-refractivity contribution in [1.82, 2.24) is 0 Å². The van der Waals surface area contributed by atoms with Crippen LogP contribution in [0.25, 0.3) is 0 Å². The van der Waals surface area contributed by atoms with Crippen LogP contribution in [0, 0.1) is 0 Å². The number of aliphatic hydroxyl groups excluding tert-OH is 2. The van der Waals surface area contributed by atoms with Gasteiger partial charge in [-0.05, 0) is 19.4 Å². The minimum Gasteiger partial charge on any atom is -0.479 e. The molecule has 0 bridgehead atoms. The summed E-state index contributed by atoms with van der Waals surface area (Å²) >= 11 is 0. The fraction of sp³-hybridized carbons (Fsp3) is 0.857. The number of carbonyl (C=O) groups is 1. The van der Waals surface area contributed by atoms with Crippen molar-refractivity contribution in [1.29, 1.82) is 0 Å². The molecule has 0 aliphatic heterocycles. The Morgan fingerprint density at radius 2 is 1.92 bits per heavy atom. The molecule has 0 aliphatic rings. The molecule has 78 valence electrons. The molecule has 0 saturated carbocycles. The van der Waals surface area contributed by atoms with Crippen LogP contribution < -0.4 is 11.5 Å². The molecule has 0 amide bonds. The molecule has 0 radical (unpaired) electrons. The Morgan fingerprint density at radius 1 is 1.38 bits per heavy atom. The predicted molar refractivity (Wildman–Crippen MR) is 45.9 cm³/mol. The summed E-state index contributed by atoms with van der Waals surface area (Å²) < 4.78 is 0. The molecule has 0 fully saturated rings. The number of aliphatic carboxylic acids is 1. The normalized spacial score (nSPS) is 17.8. The maximum Gasteiger partial charge on any atom is 0.335 e. The number of aliphatic hydroxyl groups is 2. The van der Waals surface area contributed by atoms with Crippen LogP contribution in [-0.2, 0) is 4.79 Å². The largest absolute Gasteiger partial charge is 0.479 e. The molecule has 0 aliphatic carbocycles. The van der Waals surface area contributed by atoms with Crippen molar-refractivity contribution in [3.05, 3.63) is 0 Å².